The Labute approximate surface area is 113 Å². The maximum Gasteiger partial charge on any atom is 0.257 e. The molecule has 0 fully saturated rings. The number of pyridine rings is 1. The second kappa shape index (κ2) is 5.43. The van der Waals surface area contributed by atoms with Gasteiger partial charge in [-0.1, -0.05) is 0 Å². The predicted octanol–water partition coefficient (Wildman–Crippen LogP) is 3.17. The highest BCUT2D eigenvalue weighted by molar-refractivity contribution is 6.04. The molecular formula is C12H4F6N2O. The minimum atomic E-state index is -2.34. The van der Waals surface area contributed by atoms with Gasteiger partial charge in [-0.3, -0.25) is 4.79 Å². The Morgan fingerprint density at radius 2 is 1.38 bits per heavy atom. The molecular weight excluding hydrogens is 302 g/mol. The van der Waals surface area contributed by atoms with Crippen LogP contribution >= 0.6 is 0 Å². The van der Waals surface area contributed by atoms with Crippen LogP contribution in [0.3, 0.4) is 0 Å². The maximum atomic E-state index is 13.3. The van der Waals surface area contributed by atoms with Crippen molar-refractivity contribution >= 4 is 11.6 Å². The fourth-order valence-corrected chi connectivity index (χ4v) is 1.41. The third-order valence-electron chi connectivity index (χ3n) is 2.44. The van der Waals surface area contributed by atoms with Gasteiger partial charge >= 0.3 is 0 Å². The molecule has 0 radical (unpaired) electrons. The van der Waals surface area contributed by atoms with E-state index in [1.54, 1.807) is 0 Å². The van der Waals surface area contributed by atoms with Crippen molar-refractivity contribution in [1.82, 2.24) is 4.98 Å². The molecule has 0 atom stereocenters. The number of amides is 1. The molecule has 21 heavy (non-hydrogen) atoms. The minimum absolute atomic E-state index is 0.333. The zero-order valence-electron chi connectivity index (χ0n) is 9.86. The van der Waals surface area contributed by atoms with E-state index in [1.165, 1.54) is 5.32 Å². The number of hydrogen-bond donors (Lipinski definition) is 1. The van der Waals surface area contributed by atoms with E-state index in [0.29, 0.717) is 0 Å². The van der Waals surface area contributed by atoms with E-state index in [2.05, 4.69) is 4.98 Å². The molecule has 0 bridgehead atoms. The van der Waals surface area contributed by atoms with E-state index < -0.39 is 46.6 Å². The summed E-state index contributed by atoms with van der Waals surface area (Å²) >= 11 is 0. The summed E-state index contributed by atoms with van der Waals surface area (Å²) in [7, 11) is 0. The number of halogens is 6. The molecule has 1 amide bonds. The largest absolute Gasteiger partial charge is 0.317 e. The smallest absolute Gasteiger partial charge is 0.257 e. The van der Waals surface area contributed by atoms with Crippen LogP contribution in [-0.2, 0) is 0 Å². The zero-order chi connectivity index (χ0) is 15.7. The highest BCUT2D eigenvalue weighted by Gasteiger charge is 2.27. The van der Waals surface area contributed by atoms with E-state index in [9.17, 15) is 31.1 Å². The number of aromatic nitrogens is 1. The summed E-state index contributed by atoms with van der Waals surface area (Å²) in [6.07, 6.45) is 0.733. The second-order valence-electron chi connectivity index (χ2n) is 3.77. The summed E-state index contributed by atoms with van der Waals surface area (Å²) in [5.74, 6) is -13.2. The minimum Gasteiger partial charge on any atom is -0.317 e. The Morgan fingerprint density at radius 1 is 0.857 bits per heavy atom. The first-order valence-corrected chi connectivity index (χ1v) is 5.27. The summed E-state index contributed by atoms with van der Waals surface area (Å²) in [6, 6.07) is 1.71. The Bertz CT molecular complexity index is 688. The molecule has 0 saturated heterocycles. The molecule has 1 aromatic carbocycles. The second-order valence-corrected chi connectivity index (χ2v) is 3.77. The number of nitrogens with zero attached hydrogens (tertiary/aromatic N) is 1. The Balaban J connectivity index is 2.40. The number of benzene rings is 1. The predicted molar refractivity (Wildman–Crippen MR) is 58.4 cm³/mol. The molecule has 0 aliphatic carbocycles. The first kappa shape index (κ1) is 14.8. The summed E-state index contributed by atoms with van der Waals surface area (Å²) in [5.41, 5.74) is -1.83. The van der Waals surface area contributed by atoms with Gasteiger partial charge in [-0.05, 0) is 12.1 Å². The average Bonchev–Trinajstić information content (AvgIpc) is 2.48. The van der Waals surface area contributed by atoms with E-state index in [1.807, 2.05) is 0 Å². The molecule has 9 heteroatoms. The number of nitrogens with one attached hydrogen (secondary N) is 1. The first-order chi connectivity index (χ1) is 9.82. The molecule has 110 valence electrons. The third kappa shape index (κ3) is 2.67. The number of rotatable bonds is 2. The number of carbonyl (C=O) groups excluding carboxylic acids is 1. The van der Waals surface area contributed by atoms with Crippen molar-refractivity contribution < 1.29 is 31.1 Å². The van der Waals surface area contributed by atoms with Gasteiger partial charge < -0.3 is 5.32 Å². The highest BCUT2D eigenvalue weighted by atomic mass is 19.2. The zero-order valence-corrected chi connectivity index (χ0v) is 9.86. The fraction of sp³-hybridized carbons (Fsp3) is 0. The lowest BCUT2D eigenvalue weighted by Crippen LogP contribution is -2.17. The summed E-state index contributed by atoms with van der Waals surface area (Å²) in [5, 5.41) is 1.53. The lowest BCUT2D eigenvalue weighted by molar-refractivity contribution is 0.102. The fourth-order valence-electron chi connectivity index (χ4n) is 1.41. The van der Waals surface area contributed by atoms with E-state index in [4.69, 9.17) is 0 Å². The van der Waals surface area contributed by atoms with Gasteiger partial charge in [0.1, 0.15) is 5.69 Å². The Kier molecular flexibility index (Phi) is 3.83. The van der Waals surface area contributed by atoms with Gasteiger partial charge in [0.25, 0.3) is 5.91 Å². The van der Waals surface area contributed by atoms with Crippen LogP contribution in [0, 0.1) is 35.0 Å². The van der Waals surface area contributed by atoms with Gasteiger partial charge in [0.15, 0.2) is 23.3 Å². The molecule has 2 rings (SSSR count). The molecule has 0 unspecified atom stereocenters. The Hall–Kier alpha value is -2.58. The van der Waals surface area contributed by atoms with Gasteiger partial charge in [0, 0.05) is 6.20 Å². The van der Waals surface area contributed by atoms with Crippen molar-refractivity contribution in [1.29, 1.82) is 0 Å². The highest BCUT2D eigenvalue weighted by Crippen LogP contribution is 2.27. The van der Waals surface area contributed by atoms with Crippen LogP contribution < -0.4 is 5.32 Å². The summed E-state index contributed by atoms with van der Waals surface area (Å²) in [6.45, 7) is 0. The van der Waals surface area contributed by atoms with Crippen molar-refractivity contribution in [3.05, 3.63) is 58.9 Å². The van der Waals surface area contributed by atoms with E-state index in [0.717, 1.165) is 18.3 Å². The summed E-state index contributed by atoms with van der Waals surface area (Å²) in [4.78, 5) is 14.7. The molecule has 0 spiro atoms. The molecule has 1 aromatic heterocycles. The van der Waals surface area contributed by atoms with Crippen molar-refractivity contribution in [2.75, 3.05) is 5.32 Å². The van der Waals surface area contributed by atoms with Crippen molar-refractivity contribution in [2.45, 2.75) is 0 Å². The topological polar surface area (TPSA) is 42.0 Å². The van der Waals surface area contributed by atoms with Crippen LogP contribution in [0.1, 0.15) is 10.4 Å². The van der Waals surface area contributed by atoms with Gasteiger partial charge in [-0.15, -0.1) is 0 Å². The van der Waals surface area contributed by atoms with Crippen LogP contribution in [0.5, 0.6) is 0 Å². The molecule has 0 saturated carbocycles. The SMILES string of the molecule is O=C(Nc1c(F)c(F)c(F)c(F)c1F)c1ccc(F)nc1. The Morgan fingerprint density at radius 3 is 1.86 bits per heavy atom. The standard InChI is InChI=1S/C12H4F6N2O/c13-5-2-1-4(3-19-5)12(21)20-11-9(17)7(15)6(14)8(16)10(11)18/h1-3H,(H,20,21). The van der Waals surface area contributed by atoms with Crippen molar-refractivity contribution in [3.8, 4) is 0 Å². The lowest BCUT2D eigenvalue weighted by atomic mass is 10.2. The van der Waals surface area contributed by atoms with Crippen LogP contribution in [-0.4, -0.2) is 10.9 Å². The van der Waals surface area contributed by atoms with Gasteiger partial charge in [-0.2, -0.15) is 4.39 Å². The van der Waals surface area contributed by atoms with E-state index in [-0.39, 0.29) is 5.56 Å². The molecule has 1 N–H and O–H groups in total. The van der Waals surface area contributed by atoms with Crippen LogP contribution in [0.2, 0.25) is 0 Å². The molecule has 3 nitrogen and oxygen atoms in total. The molecule has 1 heterocycles. The molecule has 0 aliphatic rings. The van der Waals surface area contributed by atoms with E-state index >= 15 is 0 Å². The van der Waals surface area contributed by atoms with Gasteiger partial charge in [-0.25, -0.2) is 26.9 Å². The normalized spacial score (nSPS) is 10.6. The number of carbonyl (C=O) groups is 1. The van der Waals surface area contributed by atoms with Gasteiger partial charge in [0.2, 0.25) is 11.8 Å². The van der Waals surface area contributed by atoms with Crippen LogP contribution in [0.4, 0.5) is 32.0 Å². The monoisotopic (exact) mass is 306 g/mol. The van der Waals surface area contributed by atoms with Crippen LogP contribution in [0.15, 0.2) is 18.3 Å². The van der Waals surface area contributed by atoms with Crippen LogP contribution in [0.25, 0.3) is 0 Å². The average molecular weight is 306 g/mol. The quantitative estimate of drug-likeness (QED) is 0.401. The van der Waals surface area contributed by atoms with Crippen molar-refractivity contribution in [3.63, 3.8) is 0 Å². The molecule has 0 aliphatic heterocycles. The lowest BCUT2D eigenvalue weighted by Gasteiger charge is -2.09. The van der Waals surface area contributed by atoms with Crippen molar-refractivity contribution in [2.24, 2.45) is 0 Å². The number of anilines is 1. The molecule has 2 aromatic rings. The third-order valence-corrected chi connectivity index (χ3v) is 2.44. The maximum absolute atomic E-state index is 13.3. The first-order valence-electron chi connectivity index (χ1n) is 5.27. The van der Waals surface area contributed by atoms with Gasteiger partial charge in [0.05, 0.1) is 5.56 Å². The number of hydrogen-bond acceptors (Lipinski definition) is 2. The summed E-state index contributed by atoms with van der Waals surface area (Å²) < 4.78 is 77.9.